The quantitative estimate of drug-likeness (QED) is 0.331. The van der Waals surface area contributed by atoms with Crippen molar-refractivity contribution in [3.05, 3.63) is 93.8 Å². The molecule has 1 aromatic heterocycles. The number of carbonyl (C=O) groups excluding carboxylic acids is 1. The number of nitrogens with one attached hydrogen (secondary N) is 1. The predicted molar refractivity (Wildman–Crippen MR) is 105 cm³/mol. The Morgan fingerprint density at radius 2 is 2.11 bits per heavy atom. The van der Waals surface area contributed by atoms with Gasteiger partial charge in [-0.15, -0.1) is 11.8 Å². The fourth-order valence-corrected chi connectivity index (χ4v) is 3.44. The highest BCUT2D eigenvalue weighted by Crippen LogP contribution is 2.37. The molecule has 1 aromatic carbocycles. The highest BCUT2D eigenvalue weighted by molar-refractivity contribution is 8.02. The Kier molecular flexibility index (Phi) is 6.77. The van der Waals surface area contributed by atoms with Crippen molar-refractivity contribution < 1.29 is 14.6 Å². The van der Waals surface area contributed by atoms with Gasteiger partial charge in [-0.05, 0) is 29.5 Å². The van der Waals surface area contributed by atoms with Crippen molar-refractivity contribution in [1.82, 2.24) is 15.4 Å². The molecule has 0 bridgehead atoms. The number of amides is 2. The van der Waals surface area contributed by atoms with E-state index in [1.165, 1.54) is 22.7 Å². The second-order valence-electron chi connectivity index (χ2n) is 5.67. The molecule has 1 radical (unpaired) electrons. The van der Waals surface area contributed by atoms with Gasteiger partial charge in [-0.1, -0.05) is 30.4 Å². The van der Waals surface area contributed by atoms with Gasteiger partial charge in [0.05, 0.1) is 17.7 Å². The Bertz CT molecular complexity index is 889. The molecular formula is C19H17N4O4S. The third kappa shape index (κ3) is 4.96. The van der Waals surface area contributed by atoms with Crippen LogP contribution in [0.1, 0.15) is 16.5 Å². The van der Waals surface area contributed by atoms with Gasteiger partial charge in [0.15, 0.2) is 0 Å². The van der Waals surface area contributed by atoms with Crippen LogP contribution in [0.25, 0.3) is 0 Å². The summed E-state index contributed by atoms with van der Waals surface area (Å²) in [6.07, 6.45) is 10.1. The van der Waals surface area contributed by atoms with Crippen LogP contribution in [0.3, 0.4) is 0 Å². The van der Waals surface area contributed by atoms with E-state index in [0.717, 1.165) is 5.56 Å². The summed E-state index contributed by atoms with van der Waals surface area (Å²) in [4.78, 5) is 33.4. The molecule has 3 rings (SSSR count). The van der Waals surface area contributed by atoms with Crippen molar-refractivity contribution in [3.8, 4) is 0 Å². The first kappa shape index (κ1) is 19.6. The number of nitro groups is 1. The summed E-state index contributed by atoms with van der Waals surface area (Å²) < 4.78 is 0. The third-order valence-electron chi connectivity index (χ3n) is 3.87. The van der Waals surface area contributed by atoms with Gasteiger partial charge in [0, 0.05) is 24.0 Å². The number of hydrogen-bond donors (Lipinski definition) is 1. The van der Waals surface area contributed by atoms with Crippen LogP contribution < -0.4 is 5.48 Å². The number of carbonyl (C=O) groups is 1. The van der Waals surface area contributed by atoms with Gasteiger partial charge in [-0.25, -0.2) is 10.3 Å². The van der Waals surface area contributed by atoms with E-state index in [2.05, 4.69) is 16.7 Å². The summed E-state index contributed by atoms with van der Waals surface area (Å²) in [5.41, 5.74) is 3.99. The van der Waals surface area contributed by atoms with Crippen molar-refractivity contribution >= 4 is 23.5 Å². The van der Waals surface area contributed by atoms with Crippen LogP contribution in [0, 0.1) is 16.3 Å². The molecule has 0 spiro atoms. The molecule has 1 unspecified atom stereocenters. The average molecular weight is 397 g/mol. The van der Waals surface area contributed by atoms with Crippen molar-refractivity contribution in [2.24, 2.45) is 0 Å². The van der Waals surface area contributed by atoms with Gasteiger partial charge in [0.2, 0.25) is 0 Å². The number of allylic oxidation sites excluding steroid dienone is 1. The summed E-state index contributed by atoms with van der Waals surface area (Å²) in [5.74, 6) is 0. The molecule has 8 nitrogen and oxygen atoms in total. The molecular weight excluding hydrogens is 380 g/mol. The van der Waals surface area contributed by atoms with Crippen molar-refractivity contribution in [3.63, 3.8) is 0 Å². The summed E-state index contributed by atoms with van der Waals surface area (Å²) in [5, 5.41) is 12.5. The van der Waals surface area contributed by atoms with E-state index in [-0.39, 0.29) is 17.7 Å². The summed E-state index contributed by atoms with van der Waals surface area (Å²) in [7, 11) is 0. The zero-order valence-corrected chi connectivity index (χ0v) is 15.5. The Morgan fingerprint density at radius 1 is 1.32 bits per heavy atom. The maximum Gasteiger partial charge on any atom is 0.347 e. The maximum atomic E-state index is 12.3. The molecule has 9 heteroatoms. The van der Waals surface area contributed by atoms with Gasteiger partial charge in [-0.2, -0.15) is 0 Å². The predicted octanol–water partition coefficient (Wildman–Crippen LogP) is 3.75. The molecule has 0 saturated carbocycles. The number of rotatable bonds is 7. The minimum Gasteiger partial charge on any atom is -0.273 e. The molecule has 2 aromatic rings. The van der Waals surface area contributed by atoms with E-state index >= 15 is 0 Å². The molecule has 1 N–H and O–H groups in total. The van der Waals surface area contributed by atoms with E-state index in [0.29, 0.717) is 12.0 Å². The first-order chi connectivity index (χ1) is 13.7. The number of benzene rings is 1. The highest BCUT2D eigenvalue weighted by atomic mass is 32.2. The Balaban J connectivity index is 1.45. The topological polar surface area (TPSA) is 97.6 Å². The number of hydrogen-bond acceptors (Lipinski definition) is 6. The van der Waals surface area contributed by atoms with Gasteiger partial charge in [-0.3, -0.25) is 24.8 Å². The number of aromatic nitrogens is 1. The number of urea groups is 1. The summed E-state index contributed by atoms with van der Waals surface area (Å²) >= 11 is 1.46. The lowest BCUT2D eigenvalue weighted by Gasteiger charge is -2.22. The number of nitro benzene ring substituents is 1. The first-order valence-corrected chi connectivity index (χ1v) is 9.32. The van der Waals surface area contributed by atoms with Crippen molar-refractivity contribution in [2.45, 2.75) is 11.8 Å². The molecule has 28 heavy (non-hydrogen) atoms. The average Bonchev–Trinajstić information content (AvgIpc) is 3.21. The van der Waals surface area contributed by atoms with Crippen molar-refractivity contribution in [2.75, 3.05) is 6.61 Å². The fraction of sp³-hybridized carbons (Fsp3) is 0.158. The first-order valence-electron chi connectivity index (χ1n) is 8.38. The smallest absolute Gasteiger partial charge is 0.273 e. The number of pyridine rings is 1. The lowest BCUT2D eigenvalue weighted by Crippen LogP contribution is -2.36. The van der Waals surface area contributed by atoms with E-state index in [1.54, 1.807) is 48.2 Å². The summed E-state index contributed by atoms with van der Waals surface area (Å²) in [6, 6.07) is 9.80. The van der Waals surface area contributed by atoms with Crippen molar-refractivity contribution in [1.29, 1.82) is 0 Å². The van der Waals surface area contributed by atoms with E-state index in [9.17, 15) is 14.9 Å². The molecule has 0 saturated heterocycles. The largest absolute Gasteiger partial charge is 0.347 e. The van der Waals surface area contributed by atoms with E-state index in [1.807, 2.05) is 12.1 Å². The van der Waals surface area contributed by atoms with Crippen LogP contribution in [0.2, 0.25) is 0 Å². The van der Waals surface area contributed by atoms with Crippen LogP contribution in [-0.2, 0) is 11.3 Å². The summed E-state index contributed by atoms with van der Waals surface area (Å²) in [6.45, 7) is 0.136. The SMILES string of the molecule is O=C(NOCC=CCc1ccccc1[N+](=O)[O-])N1[C]=CSC1c1ccncc1. The van der Waals surface area contributed by atoms with Crippen LogP contribution in [0.15, 0.2) is 66.4 Å². The fourth-order valence-electron chi connectivity index (χ4n) is 2.54. The molecule has 143 valence electrons. The lowest BCUT2D eigenvalue weighted by atomic mass is 10.1. The van der Waals surface area contributed by atoms with Crippen LogP contribution >= 0.6 is 11.8 Å². The van der Waals surface area contributed by atoms with Gasteiger partial charge < -0.3 is 0 Å². The Hall–Kier alpha value is -3.17. The van der Waals surface area contributed by atoms with E-state index in [4.69, 9.17) is 4.84 Å². The molecule has 2 amide bonds. The van der Waals surface area contributed by atoms with Crippen LogP contribution in [0.4, 0.5) is 10.5 Å². The maximum absolute atomic E-state index is 12.3. The Morgan fingerprint density at radius 3 is 2.89 bits per heavy atom. The molecule has 0 aliphatic carbocycles. The van der Waals surface area contributed by atoms with Gasteiger partial charge in [0.1, 0.15) is 5.37 Å². The van der Waals surface area contributed by atoms with Crippen LogP contribution in [0.5, 0.6) is 0 Å². The molecule has 1 atom stereocenters. The third-order valence-corrected chi connectivity index (χ3v) is 4.85. The zero-order chi connectivity index (χ0) is 19.8. The lowest BCUT2D eigenvalue weighted by molar-refractivity contribution is -0.385. The van der Waals surface area contributed by atoms with Gasteiger partial charge in [0.25, 0.3) is 5.69 Å². The number of hydroxylamine groups is 1. The second-order valence-corrected chi connectivity index (χ2v) is 6.62. The number of para-hydroxylation sites is 1. The molecule has 1 aliphatic rings. The normalized spacial score (nSPS) is 15.9. The Labute approximate surface area is 166 Å². The van der Waals surface area contributed by atoms with E-state index < -0.39 is 11.0 Å². The molecule has 2 heterocycles. The molecule has 0 fully saturated rings. The molecule has 1 aliphatic heterocycles. The van der Waals surface area contributed by atoms with Crippen LogP contribution in [-0.4, -0.2) is 27.4 Å². The van der Waals surface area contributed by atoms with Gasteiger partial charge >= 0.3 is 6.03 Å². The highest BCUT2D eigenvalue weighted by Gasteiger charge is 2.27. The number of thioether (sulfide) groups is 1. The minimum absolute atomic E-state index is 0.0809. The number of nitrogens with zero attached hydrogens (tertiary/aromatic N) is 3. The monoisotopic (exact) mass is 397 g/mol. The second kappa shape index (κ2) is 9.67. The standard InChI is InChI=1S/C19H17N4O4S/c24-19(22-12-14-28-18(22)16-8-10-20-11-9-16)21-27-13-4-3-6-15-5-1-2-7-17(15)23(25)26/h1-5,7-11,14,18H,6,13H2,(H,21,24). The zero-order valence-electron chi connectivity index (χ0n) is 14.7. The minimum atomic E-state index is -0.435.